The molecule has 2 aromatic rings. The van der Waals surface area contributed by atoms with E-state index in [1.165, 1.54) is 34.3 Å². The van der Waals surface area contributed by atoms with Crippen molar-refractivity contribution in [3.8, 4) is 11.4 Å². The fourth-order valence-corrected chi connectivity index (χ4v) is 5.59. The van der Waals surface area contributed by atoms with Crippen molar-refractivity contribution in [3.05, 3.63) is 41.5 Å². The molecule has 3 amide bonds. The van der Waals surface area contributed by atoms with E-state index in [1.807, 2.05) is 6.92 Å². The Kier molecular flexibility index (Phi) is 8.55. The summed E-state index contributed by atoms with van der Waals surface area (Å²) in [6, 6.07) is 2.17. The van der Waals surface area contributed by atoms with E-state index in [1.54, 1.807) is 25.7 Å². The highest BCUT2D eigenvalue weighted by atomic mass is 19.4. The lowest BCUT2D eigenvalue weighted by Crippen LogP contribution is -2.57. The van der Waals surface area contributed by atoms with Gasteiger partial charge in [-0.1, -0.05) is 6.92 Å². The van der Waals surface area contributed by atoms with Crippen LogP contribution in [0.3, 0.4) is 0 Å². The average Bonchev–Trinajstić information content (AvgIpc) is 2.88. The van der Waals surface area contributed by atoms with Crippen LogP contribution < -0.4 is 0 Å². The van der Waals surface area contributed by atoms with Gasteiger partial charge in [0.1, 0.15) is 0 Å². The largest absolute Gasteiger partial charge is 0.465 e. The highest BCUT2D eigenvalue weighted by Gasteiger charge is 2.41. The Morgan fingerprint density at radius 1 is 1.15 bits per heavy atom. The number of hydrogen-bond acceptors (Lipinski definition) is 6. The van der Waals surface area contributed by atoms with Gasteiger partial charge in [0.05, 0.1) is 18.3 Å². The number of carboxylic acid groups (broad SMARTS) is 1. The van der Waals surface area contributed by atoms with Crippen molar-refractivity contribution in [3.63, 3.8) is 0 Å². The molecule has 2 aliphatic heterocycles. The number of piperidine rings is 1. The summed E-state index contributed by atoms with van der Waals surface area (Å²) in [5.74, 6) is -0.390. The number of likely N-dealkylation sites (tertiary alicyclic amines) is 1. The van der Waals surface area contributed by atoms with Gasteiger partial charge in [0, 0.05) is 61.5 Å². The maximum atomic E-state index is 14.0. The molecule has 0 saturated carbocycles. The molecule has 0 aromatic carbocycles. The van der Waals surface area contributed by atoms with Crippen LogP contribution in [0.25, 0.3) is 11.4 Å². The van der Waals surface area contributed by atoms with E-state index in [4.69, 9.17) is 0 Å². The van der Waals surface area contributed by atoms with Crippen LogP contribution in [0.15, 0.2) is 24.5 Å². The van der Waals surface area contributed by atoms with Gasteiger partial charge in [-0.3, -0.25) is 19.5 Å². The Labute approximate surface area is 236 Å². The second-order valence-electron chi connectivity index (χ2n) is 11.7. The van der Waals surface area contributed by atoms with Crippen molar-refractivity contribution in [2.24, 2.45) is 5.92 Å². The number of fused-ring (bicyclic) bond motifs is 1. The molecule has 1 saturated heterocycles. The summed E-state index contributed by atoms with van der Waals surface area (Å²) in [6.07, 6.45) is -2.30. The Morgan fingerprint density at radius 3 is 2.44 bits per heavy atom. The van der Waals surface area contributed by atoms with Crippen molar-refractivity contribution < 1.29 is 32.7 Å². The summed E-state index contributed by atoms with van der Waals surface area (Å²) in [6.45, 7) is 7.50. The average molecular weight is 577 g/mol. The zero-order chi connectivity index (χ0) is 30.1. The first-order valence-electron chi connectivity index (χ1n) is 13.6. The van der Waals surface area contributed by atoms with Gasteiger partial charge in [0.15, 0.2) is 11.5 Å². The van der Waals surface area contributed by atoms with E-state index < -0.39 is 35.5 Å². The van der Waals surface area contributed by atoms with Crippen LogP contribution >= 0.6 is 0 Å². The van der Waals surface area contributed by atoms with Gasteiger partial charge in [0.25, 0.3) is 0 Å². The second kappa shape index (κ2) is 11.6. The zero-order valence-corrected chi connectivity index (χ0v) is 23.6. The third-order valence-corrected chi connectivity index (χ3v) is 7.50. The van der Waals surface area contributed by atoms with Crippen LogP contribution in [0.4, 0.5) is 18.0 Å². The van der Waals surface area contributed by atoms with E-state index in [-0.39, 0.29) is 61.4 Å². The Hall–Kier alpha value is -3.77. The molecule has 41 heavy (non-hydrogen) atoms. The first-order chi connectivity index (χ1) is 19.1. The molecule has 0 unspecified atom stereocenters. The molecule has 1 N–H and O–H groups in total. The molecule has 10 nitrogen and oxygen atoms in total. The van der Waals surface area contributed by atoms with Gasteiger partial charge in [-0.05, 0) is 51.7 Å². The van der Waals surface area contributed by atoms with Crippen molar-refractivity contribution >= 4 is 17.9 Å². The summed E-state index contributed by atoms with van der Waals surface area (Å²) in [5, 5.41) is 10.1. The number of halogens is 3. The van der Waals surface area contributed by atoms with Gasteiger partial charge in [-0.15, -0.1) is 0 Å². The minimum absolute atomic E-state index is 0.00185. The quantitative estimate of drug-likeness (QED) is 0.546. The molecule has 0 aliphatic carbocycles. The molecule has 4 heterocycles. The molecule has 13 heteroatoms. The van der Waals surface area contributed by atoms with Gasteiger partial charge >= 0.3 is 12.3 Å². The SMILES string of the molecule is C[C@@H]1CCC(=O)N(C[C@H](CC(=O)N2CCc3c(nc(-c4ccncc4)nc3C(F)(F)F)C2)N(C(=O)O)C(C)(C)C)C1. The summed E-state index contributed by atoms with van der Waals surface area (Å²) >= 11 is 0. The number of pyridine rings is 1. The van der Waals surface area contributed by atoms with Crippen LogP contribution in [0.1, 0.15) is 63.9 Å². The Balaban J connectivity index is 1.63. The Morgan fingerprint density at radius 2 is 1.83 bits per heavy atom. The number of carbonyl (C=O) groups excluding carboxylic acids is 2. The lowest BCUT2D eigenvalue weighted by atomic mass is 9.96. The topological polar surface area (TPSA) is 120 Å². The molecule has 0 radical (unpaired) electrons. The fourth-order valence-electron chi connectivity index (χ4n) is 5.59. The lowest BCUT2D eigenvalue weighted by molar-refractivity contribution is -0.142. The number of rotatable bonds is 6. The van der Waals surface area contributed by atoms with E-state index >= 15 is 0 Å². The maximum absolute atomic E-state index is 14.0. The fraction of sp³-hybridized carbons (Fsp3) is 0.571. The third kappa shape index (κ3) is 6.94. The molecule has 4 rings (SSSR count). The number of nitrogens with zero attached hydrogens (tertiary/aromatic N) is 6. The van der Waals surface area contributed by atoms with Crippen LogP contribution in [0, 0.1) is 5.92 Å². The van der Waals surface area contributed by atoms with Gasteiger partial charge in [-0.2, -0.15) is 13.2 Å². The minimum atomic E-state index is -4.71. The van der Waals surface area contributed by atoms with Crippen LogP contribution in [-0.4, -0.2) is 83.9 Å². The van der Waals surface area contributed by atoms with E-state index in [9.17, 15) is 32.7 Å². The van der Waals surface area contributed by atoms with Crippen LogP contribution in [0.2, 0.25) is 0 Å². The molecule has 0 spiro atoms. The van der Waals surface area contributed by atoms with Crippen molar-refractivity contribution in [1.82, 2.24) is 29.7 Å². The maximum Gasteiger partial charge on any atom is 0.433 e. The predicted molar refractivity (Wildman–Crippen MR) is 142 cm³/mol. The molecule has 222 valence electrons. The number of amides is 3. The zero-order valence-electron chi connectivity index (χ0n) is 23.6. The smallest absolute Gasteiger partial charge is 0.433 e. The molecule has 0 bridgehead atoms. The van der Waals surface area contributed by atoms with Gasteiger partial charge in [0.2, 0.25) is 11.8 Å². The van der Waals surface area contributed by atoms with Gasteiger partial charge < -0.3 is 14.9 Å². The molecule has 2 aromatic heterocycles. The third-order valence-electron chi connectivity index (χ3n) is 7.50. The number of aromatic nitrogens is 3. The van der Waals surface area contributed by atoms with E-state index in [2.05, 4.69) is 15.0 Å². The number of hydrogen-bond donors (Lipinski definition) is 1. The highest BCUT2D eigenvalue weighted by molar-refractivity contribution is 5.79. The highest BCUT2D eigenvalue weighted by Crippen LogP contribution is 2.35. The summed E-state index contributed by atoms with van der Waals surface area (Å²) in [4.78, 5) is 55.0. The monoisotopic (exact) mass is 576 g/mol. The lowest BCUT2D eigenvalue weighted by Gasteiger charge is -2.43. The van der Waals surface area contributed by atoms with Crippen LogP contribution in [0.5, 0.6) is 0 Å². The predicted octanol–water partition coefficient (Wildman–Crippen LogP) is 4.24. The molecular formula is C28H35F3N6O4. The minimum Gasteiger partial charge on any atom is -0.465 e. The Bertz CT molecular complexity index is 1300. The standard InChI is InChI=1S/C28H35F3N6O4/c1-17-5-6-22(38)36(14-17)15-19(37(26(40)41)27(2,3)4)13-23(39)35-12-9-20-21(16-35)33-25(18-7-10-32-11-8-18)34-24(20)28(29,30)31/h7-8,10-11,17,19H,5-6,9,12-16H2,1-4H3,(H,40,41)/t17-,19+/m1/s1. The molecule has 2 aliphatic rings. The molecule has 2 atom stereocenters. The van der Waals surface area contributed by atoms with Gasteiger partial charge in [-0.25, -0.2) is 14.8 Å². The van der Waals surface area contributed by atoms with E-state index in [0.29, 0.717) is 18.5 Å². The van der Waals surface area contributed by atoms with E-state index in [0.717, 1.165) is 6.42 Å². The molecule has 1 fully saturated rings. The van der Waals surface area contributed by atoms with Crippen molar-refractivity contribution in [2.45, 2.75) is 77.7 Å². The molecular weight excluding hydrogens is 541 g/mol. The number of carbonyl (C=O) groups is 3. The summed E-state index contributed by atoms with van der Waals surface area (Å²) in [5.41, 5.74) is -1.49. The van der Waals surface area contributed by atoms with Crippen molar-refractivity contribution in [2.75, 3.05) is 19.6 Å². The van der Waals surface area contributed by atoms with Crippen LogP contribution in [-0.2, 0) is 28.7 Å². The first kappa shape index (κ1) is 30.2. The normalized spacial score (nSPS) is 18.6. The summed E-state index contributed by atoms with van der Waals surface area (Å²) in [7, 11) is 0. The number of alkyl halides is 3. The first-order valence-corrected chi connectivity index (χ1v) is 13.6. The van der Waals surface area contributed by atoms with Crippen molar-refractivity contribution in [1.29, 1.82) is 0 Å². The second-order valence-corrected chi connectivity index (χ2v) is 11.7. The summed E-state index contributed by atoms with van der Waals surface area (Å²) < 4.78 is 41.9.